The van der Waals surface area contributed by atoms with Crippen LogP contribution in [-0.2, 0) is 10.1 Å². The number of fused-ring (bicyclic) bond motifs is 1. The van der Waals surface area contributed by atoms with Crippen molar-refractivity contribution in [3.63, 3.8) is 0 Å². The van der Waals surface area contributed by atoms with Gasteiger partial charge in [0.1, 0.15) is 10.1 Å². The summed E-state index contributed by atoms with van der Waals surface area (Å²) >= 11 is 0. The van der Waals surface area contributed by atoms with Crippen molar-refractivity contribution in [2.45, 2.75) is 11.8 Å². The molecule has 0 atom stereocenters. The largest absolute Gasteiger partial charge is 0.744 e. The van der Waals surface area contributed by atoms with Gasteiger partial charge in [-0.3, -0.25) is 0 Å². The highest BCUT2D eigenvalue weighted by molar-refractivity contribution is 7.85. The molecule has 5 nitrogen and oxygen atoms in total. The number of nitrogens with zero attached hydrogens (tertiary/aromatic N) is 2. The van der Waals surface area contributed by atoms with Crippen LogP contribution in [-0.4, -0.2) is 13.0 Å². The summed E-state index contributed by atoms with van der Waals surface area (Å²) in [5.41, 5.74) is 1.55. The normalized spacial score (nSPS) is 10.5. The summed E-state index contributed by atoms with van der Waals surface area (Å²) in [5, 5.41) is 10.7. The molecule has 0 bridgehead atoms. The quantitative estimate of drug-likeness (QED) is 0.495. The molecule has 0 fully saturated rings. The van der Waals surface area contributed by atoms with Gasteiger partial charge in [0.05, 0.1) is 10.3 Å². The molecule has 3 rings (SSSR count). The number of rotatable bonds is 1. The lowest BCUT2D eigenvalue weighted by Crippen LogP contribution is -1.97. The fourth-order valence-electron chi connectivity index (χ4n) is 2.00. The highest BCUT2D eigenvalue weighted by Gasteiger charge is 2.08. The third-order valence-corrected chi connectivity index (χ3v) is 4.03. The van der Waals surface area contributed by atoms with Crippen molar-refractivity contribution >= 4 is 26.6 Å². The van der Waals surface area contributed by atoms with E-state index in [0.717, 1.165) is 16.3 Å². The van der Waals surface area contributed by atoms with Gasteiger partial charge < -0.3 is 4.55 Å². The summed E-state index contributed by atoms with van der Waals surface area (Å²) < 4.78 is 31.2. The van der Waals surface area contributed by atoms with Crippen LogP contribution in [0.25, 0.3) is 15.7 Å². The van der Waals surface area contributed by atoms with Gasteiger partial charge in [0.15, 0.2) is 4.98 Å². The molecule has 0 saturated carbocycles. The zero-order valence-electron chi connectivity index (χ0n) is 12.4. The number of benzene rings is 3. The fraction of sp³-hybridized carbons (Fsp3) is 0.0588. The van der Waals surface area contributed by atoms with Gasteiger partial charge in [-0.05, 0) is 30.5 Å². The van der Waals surface area contributed by atoms with Crippen LogP contribution in [0.3, 0.4) is 0 Å². The van der Waals surface area contributed by atoms with Gasteiger partial charge in [0.25, 0.3) is 0 Å². The van der Waals surface area contributed by atoms with E-state index in [1.165, 1.54) is 12.1 Å². The summed E-state index contributed by atoms with van der Waals surface area (Å²) in [6.45, 7) is 1.82. The minimum Gasteiger partial charge on any atom is -0.744 e. The lowest BCUT2D eigenvalue weighted by atomic mass is 10.1. The van der Waals surface area contributed by atoms with Crippen LogP contribution in [0.1, 0.15) is 5.56 Å². The zero-order chi connectivity index (χ0) is 16.9. The minimum atomic E-state index is -4.27. The summed E-state index contributed by atoms with van der Waals surface area (Å²) in [4.78, 5) is 3.02. The Kier molecular flexibility index (Phi) is 5.06. The van der Waals surface area contributed by atoms with Gasteiger partial charge in [-0.2, -0.15) is 0 Å². The Morgan fingerprint density at radius 2 is 1.52 bits per heavy atom. The highest BCUT2D eigenvalue weighted by atomic mass is 32.2. The van der Waals surface area contributed by atoms with Crippen molar-refractivity contribution < 1.29 is 13.0 Å². The van der Waals surface area contributed by atoms with Gasteiger partial charge in [-0.15, -0.1) is 0 Å². The van der Waals surface area contributed by atoms with Crippen LogP contribution in [0.4, 0.5) is 5.69 Å². The highest BCUT2D eigenvalue weighted by Crippen LogP contribution is 2.24. The molecule has 3 aromatic rings. The van der Waals surface area contributed by atoms with Gasteiger partial charge in [-0.25, -0.2) is 8.42 Å². The third-order valence-electron chi connectivity index (χ3n) is 3.18. The molecule has 0 aliphatic heterocycles. The van der Waals surface area contributed by atoms with E-state index in [2.05, 4.69) is 4.98 Å². The molecule has 23 heavy (non-hydrogen) atoms. The van der Waals surface area contributed by atoms with Crippen LogP contribution in [0.15, 0.2) is 71.6 Å². The first-order valence-corrected chi connectivity index (χ1v) is 8.18. The molecule has 0 unspecified atom stereocenters. The van der Waals surface area contributed by atoms with Crippen LogP contribution in [0.2, 0.25) is 0 Å². The smallest absolute Gasteiger partial charge is 0.392 e. The molecule has 0 aliphatic carbocycles. The van der Waals surface area contributed by atoms with E-state index in [0.29, 0.717) is 5.69 Å². The van der Waals surface area contributed by atoms with Crippen molar-refractivity contribution in [1.29, 1.82) is 5.39 Å². The molecule has 3 aromatic carbocycles. The molecule has 116 valence electrons. The molecule has 0 aliphatic rings. The van der Waals surface area contributed by atoms with E-state index in [1.807, 2.05) is 43.3 Å². The second-order valence-corrected chi connectivity index (χ2v) is 6.25. The SMILES string of the molecule is Cc1ccc(S(=O)(=O)[O-])cc1.N#[N+]c1cccc2ccccc12. The Morgan fingerprint density at radius 3 is 2.13 bits per heavy atom. The van der Waals surface area contributed by atoms with Crippen molar-refractivity contribution in [1.82, 2.24) is 0 Å². The second kappa shape index (κ2) is 7.01. The summed E-state index contributed by atoms with van der Waals surface area (Å²) in [7, 11) is -4.27. The van der Waals surface area contributed by atoms with Crippen molar-refractivity contribution in [3.05, 3.63) is 77.3 Å². The zero-order valence-corrected chi connectivity index (χ0v) is 13.2. The number of aryl methyl sites for hydroxylation is 1. The third kappa shape index (κ3) is 4.36. The summed E-state index contributed by atoms with van der Waals surface area (Å²) in [6, 6.07) is 19.2. The van der Waals surface area contributed by atoms with Gasteiger partial charge in [0.2, 0.25) is 5.39 Å². The molecule has 6 heteroatoms. The Balaban J connectivity index is 0.000000168. The minimum absolute atomic E-state index is 0.178. The maximum atomic E-state index is 10.4. The van der Waals surface area contributed by atoms with Crippen LogP contribution in [0, 0.1) is 12.3 Å². The lowest BCUT2D eigenvalue weighted by molar-refractivity contribution is 0.463. The maximum absolute atomic E-state index is 10.4. The molecule has 0 heterocycles. The predicted octanol–water partition coefficient (Wildman–Crippen LogP) is 4.22. The molecule has 0 aromatic heterocycles. The van der Waals surface area contributed by atoms with Crippen molar-refractivity contribution in [3.8, 4) is 0 Å². The molecule has 0 radical (unpaired) electrons. The van der Waals surface area contributed by atoms with Crippen LogP contribution >= 0.6 is 0 Å². The first-order chi connectivity index (χ1) is 10.9. The van der Waals surface area contributed by atoms with Crippen LogP contribution in [0.5, 0.6) is 0 Å². The monoisotopic (exact) mass is 326 g/mol. The molecular formula is C17H14N2O3S. The Labute approximate surface area is 134 Å². The first kappa shape index (κ1) is 16.6. The van der Waals surface area contributed by atoms with Crippen molar-refractivity contribution in [2.24, 2.45) is 0 Å². The average molecular weight is 326 g/mol. The summed E-state index contributed by atoms with van der Waals surface area (Å²) in [6.07, 6.45) is 0. The number of hydrogen-bond acceptors (Lipinski definition) is 4. The van der Waals surface area contributed by atoms with Crippen molar-refractivity contribution in [2.75, 3.05) is 0 Å². The maximum Gasteiger partial charge on any atom is 0.392 e. The van der Waals surface area contributed by atoms with E-state index in [9.17, 15) is 13.0 Å². The Hall–Kier alpha value is -2.75. The number of diazo groups is 1. The van der Waals surface area contributed by atoms with E-state index < -0.39 is 10.1 Å². The van der Waals surface area contributed by atoms with Gasteiger partial charge in [-0.1, -0.05) is 48.0 Å². The predicted molar refractivity (Wildman–Crippen MR) is 87.8 cm³/mol. The standard InChI is InChI=1S/C10H7N2.C7H8O3S/c11-12-10-7-3-5-8-4-1-2-6-9(8)10;1-6-2-4-7(5-3-6)11(8,9)10/h1-7H;2-5H,1H3,(H,8,9,10)/q+1;/p-1. The molecule has 0 spiro atoms. The lowest BCUT2D eigenvalue weighted by Gasteiger charge is -2.05. The fourth-order valence-corrected chi connectivity index (χ4v) is 2.47. The number of hydrogen-bond donors (Lipinski definition) is 0. The summed E-state index contributed by atoms with van der Waals surface area (Å²) in [5.74, 6) is 0. The molecule has 0 saturated heterocycles. The van der Waals surface area contributed by atoms with E-state index >= 15 is 0 Å². The van der Waals surface area contributed by atoms with E-state index in [1.54, 1.807) is 18.2 Å². The van der Waals surface area contributed by atoms with Gasteiger partial charge >= 0.3 is 5.69 Å². The topological polar surface area (TPSA) is 85.4 Å². The Bertz CT molecular complexity index is 954. The van der Waals surface area contributed by atoms with E-state index in [-0.39, 0.29) is 4.90 Å². The average Bonchev–Trinajstić information content (AvgIpc) is 2.54. The van der Waals surface area contributed by atoms with E-state index in [4.69, 9.17) is 5.39 Å². The Morgan fingerprint density at radius 1 is 0.913 bits per heavy atom. The first-order valence-electron chi connectivity index (χ1n) is 6.77. The van der Waals surface area contributed by atoms with Crippen LogP contribution < -0.4 is 0 Å². The van der Waals surface area contributed by atoms with Gasteiger partial charge in [0, 0.05) is 6.07 Å². The molecule has 0 amide bonds. The molecule has 0 N–H and O–H groups in total. The second-order valence-electron chi connectivity index (χ2n) is 4.87. The molecular weight excluding hydrogens is 312 g/mol.